The fourth-order valence-electron chi connectivity index (χ4n) is 3.48. The first-order chi connectivity index (χ1) is 11.8. The van der Waals surface area contributed by atoms with Crippen LogP contribution in [0.2, 0.25) is 0 Å². The molecule has 1 aromatic heterocycles. The summed E-state index contributed by atoms with van der Waals surface area (Å²) in [6.45, 7) is 9.85. The molecule has 0 atom stereocenters. The van der Waals surface area contributed by atoms with Crippen molar-refractivity contribution in [1.82, 2.24) is 20.1 Å². The zero-order chi connectivity index (χ0) is 18.6. The minimum atomic E-state index is -0.255. The van der Waals surface area contributed by atoms with Crippen LogP contribution in [0.15, 0.2) is 23.2 Å². The number of carbonyl (C=O) groups is 1. The number of methoxy groups -OCH3 is 1. The molecule has 8 heteroatoms. The van der Waals surface area contributed by atoms with Gasteiger partial charge in [0.05, 0.1) is 31.4 Å². The van der Waals surface area contributed by atoms with Gasteiger partial charge in [-0.3, -0.25) is 9.79 Å². The topological polar surface area (TPSA) is 70.1 Å². The predicted octanol–water partition coefficient (Wildman–Crippen LogP) is 2.11. The van der Waals surface area contributed by atoms with Gasteiger partial charge in [0.25, 0.3) is 0 Å². The summed E-state index contributed by atoms with van der Waals surface area (Å²) in [5, 5.41) is 3.30. The molecule has 0 spiro atoms. The molecule has 1 amide bonds. The highest BCUT2D eigenvalue weighted by atomic mass is 127. The van der Waals surface area contributed by atoms with E-state index in [2.05, 4.69) is 43.0 Å². The third-order valence-electron chi connectivity index (χ3n) is 4.27. The Kier molecular flexibility index (Phi) is 8.11. The lowest BCUT2D eigenvalue weighted by Crippen LogP contribution is -2.66. The van der Waals surface area contributed by atoms with Crippen LogP contribution < -0.4 is 10.1 Å². The highest BCUT2D eigenvalue weighted by Crippen LogP contribution is 2.24. The molecule has 1 aromatic rings. The molecule has 2 rings (SSSR count). The minimum Gasteiger partial charge on any atom is -0.481 e. The van der Waals surface area contributed by atoms with E-state index in [1.165, 1.54) is 0 Å². The van der Waals surface area contributed by atoms with Gasteiger partial charge >= 0.3 is 0 Å². The normalized spacial score (nSPS) is 17.2. The summed E-state index contributed by atoms with van der Waals surface area (Å²) < 4.78 is 5.15. The monoisotopic (exact) mass is 475 g/mol. The van der Waals surface area contributed by atoms with Crippen molar-refractivity contribution in [2.75, 3.05) is 27.2 Å². The van der Waals surface area contributed by atoms with Crippen molar-refractivity contribution in [3.8, 4) is 5.88 Å². The standard InChI is InChI=1S/C18H29N5O2.HI/c1-13(2)23-16(24)11-22(12-18(23,3)4)17(19-5)20-10-14-8-7-9-15(21-14)25-6;/h7-9,13H,10-12H2,1-6H3,(H,19,20);1H. The van der Waals surface area contributed by atoms with E-state index >= 15 is 0 Å². The molecule has 1 aliphatic heterocycles. The minimum absolute atomic E-state index is 0. The van der Waals surface area contributed by atoms with Crippen molar-refractivity contribution in [2.24, 2.45) is 4.99 Å². The van der Waals surface area contributed by atoms with E-state index in [1.54, 1.807) is 14.2 Å². The van der Waals surface area contributed by atoms with Gasteiger partial charge < -0.3 is 19.9 Å². The quantitative estimate of drug-likeness (QED) is 0.411. The maximum atomic E-state index is 12.6. The van der Waals surface area contributed by atoms with Gasteiger partial charge in [-0.1, -0.05) is 6.07 Å². The van der Waals surface area contributed by atoms with E-state index in [-0.39, 0.29) is 41.5 Å². The summed E-state index contributed by atoms with van der Waals surface area (Å²) in [5.74, 6) is 1.40. The average molecular weight is 475 g/mol. The molecule has 1 fully saturated rings. The highest BCUT2D eigenvalue weighted by molar-refractivity contribution is 14.0. The number of pyridine rings is 1. The van der Waals surface area contributed by atoms with Gasteiger partial charge in [-0.25, -0.2) is 4.98 Å². The van der Waals surface area contributed by atoms with Gasteiger partial charge in [-0.05, 0) is 33.8 Å². The number of amides is 1. The first-order valence-electron chi connectivity index (χ1n) is 8.56. The summed E-state index contributed by atoms with van der Waals surface area (Å²) in [6.07, 6.45) is 0. The second-order valence-corrected chi connectivity index (χ2v) is 7.10. The number of hydrogen-bond donors (Lipinski definition) is 1. The molecule has 0 saturated carbocycles. The molecule has 146 valence electrons. The van der Waals surface area contributed by atoms with Gasteiger partial charge in [0.15, 0.2) is 5.96 Å². The molecule has 1 N–H and O–H groups in total. The van der Waals surface area contributed by atoms with Crippen LogP contribution in [0.25, 0.3) is 0 Å². The zero-order valence-electron chi connectivity index (χ0n) is 16.4. The molecule has 1 aliphatic rings. The van der Waals surface area contributed by atoms with Crippen molar-refractivity contribution in [3.63, 3.8) is 0 Å². The smallest absolute Gasteiger partial charge is 0.242 e. The number of halogens is 1. The second kappa shape index (κ2) is 9.38. The van der Waals surface area contributed by atoms with E-state index in [9.17, 15) is 4.79 Å². The predicted molar refractivity (Wildman–Crippen MR) is 114 cm³/mol. The Morgan fingerprint density at radius 3 is 2.65 bits per heavy atom. The Bertz CT molecular complexity index is 648. The summed E-state index contributed by atoms with van der Waals surface area (Å²) in [6, 6.07) is 5.82. The lowest BCUT2D eigenvalue weighted by molar-refractivity contribution is -0.145. The third kappa shape index (κ3) is 5.21. The van der Waals surface area contributed by atoms with Gasteiger partial charge in [-0.15, -0.1) is 24.0 Å². The highest BCUT2D eigenvalue weighted by Gasteiger charge is 2.40. The number of hydrogen-bond acceptors (Lipinski definition) is 4. The van der Waals surface area contributed by atoms with Crippen LogP contribution in [0.3, 0.4) is 0 Å². The third-order valence-corrected chi connectivity index (χ3v) is 4.27. The van der Waals surface area contributed by atoms with Crippen molar-refractivity contribution < 1.29 is 9.53 Å². The van der Waals surface area contributed by atoms with E-state index in [0.717, 1.165) is 12.2 Å². The van der Waals surface area contributed by atoms with Crippen LogP contribution in [-0.2, 0) is 11.3 Å². The van der Waals surface area contributed by atoms with Gasteiger partial charge in [0.1, 0.15) is 0 Å². The summed E-state index contributed by atoms with van der Waals surface area (Å²) in [4.78, 5) is 25.3. The maximum Gasteiger partial charge on any atom is 0.242 e. The lowest BCUT2D eigenvalue weighted by Gasteiger charge is -2.49. The second-order valence-electron chi connectivity index (χ2n) is 7.10. The van der Waals surface area contributed by atoms with Crippen LogP contribution in [0.1, 0.15) is 33.4 Å². The van der Waals surface area contributed by atoms with Gasteiger partial charge in [0.2, 0.25) is 11.8 Å². The van der Waals surface area contributed by atoms with Crippen molar-refractivity contribution >= 4 is 35.8 Å². The molecule has 0 bridgehead atoms. The number of ether oxygens (including phenoxy) is 1. The number of piperazine rings is 1. The molecule has 0 aromatic carbocycles. The number of nitrogens with zero attached hydrogens (tertiary/aromatic N) is 4. The van der Waals surface area contributed by atoms with Gasteiger partial charge in [-0.2, -0.15) is 0 Å². The Balaban J connectivity index is 0.00000338. The molecule has 0 radical (unpaired) electrons. The molecule has 0 unspecified atom stereocenters. The number of aromatic nitrogens is 1. The van der Waals surface area contributed by atoms with E-state index < -0.39 is 0 Å². The van der Waals surface area contributed by atoms with Crippen molar-refractivity contribution in [1.29, 1.82) is 0 Å². The molecule has 7 nitrogen and oxygen atoms in total. The van der Waals surface area contributed by atoms with E-state index in [0.29, 0.717) is 24.9 Å². The molecular weight excluding hydrogens is 445 g/mol. The molecular formula is C18H30IN5O2. The van der Waals surface area contributed by atoms with Crippen LogP contribution in [-0.4, -0.2) is 65.5 Å². The van der Waals surface area contributed by atoms with Crippen molar-refractivity contribution in [3.05, 3.63) is 23.9 Å². The van der Waals surface area contributed by atoms with Crippen molar-refractivity contribution in [2.45, 2.75) is 45.8 Å². The SMILES string of the molecule is CN=C(NCc1cccc(OC)n1)N1CC(=O)N(C(C)C)C(C)(C)C1.I. The molecule has 2 heterocycles. The Labute approximate surface area is 173 Å². The van der Waals surface area contributed by atoms with Crippen LogP contribution >= 0.6 is 24.0 Å². The van der Waals surface area contributed by atoms with Crippen LogP contribution in [0.4, 0.5) is 0 Å². The molecule has 26 heavy (non-hydrogen) atoms. The fraction of sp³-hybridized carbons (Fsp3) is 0.611. The van der Waals surface area contributed by atoms with Crippen LogP contribution in [0, 0.1) is 0 Å². The average Bonchev–Trinajstić information content (AvgIpc) is 2.53. The van der Waals surface area contributed by atoms with E-state index in [1.807, 2.05) is 28.0 Å². The lowest BCUT2D eigenvalue weighted by atomic mass is 9.96. The number of rotatable bonds is 4. The Morgan fingerprint density at radius 1 is 1.42 bits per heavy atom. The largest absolute Gasteiger partial charge is 0.481 e. The van der Waals surface area contributed by atoms with E-state index in [4.69, 9.17) is 4.74 Å². The number of guanidine groups is 1. The first-order valence-corrected chi connectivity index (χ1v) is 8.56. The fourth-order valence-corrected chi connectivity index (χ4v) is 3.48. The summed E-state index contributed by atoms with van der Waals surface area (Å²) in [5.41, 5.74) is 0.599. The maximum absolute atomic E-state index is 12.6. The zero-order valence-corrected chi connectivity index (χ0v) is 18.8. The first kappa shape index (κ1) is 22.5. The summed E-state index contributed by atoms with van der Waals surface area (Å²) in [7, 11) is 3.33. The Morgan fingerprint density at radius 2 is 2.12 bits per heavy atom. The number of carbonyl (C=O) groups excluding carboxylic acids is 1. The molecule has 1 saturated heterocycles. The summed E-state index contributed by atoms with van der Waals surface area (Å²) >= 11 is 0. The van der Waals surface area contributed by atoms with Gasteiger partial charge in [0, 0.05) is 25.7 Å². The Hall–Kier alpha value is -1.58. The number of aliphatic imine (C=N–C) groups is 1. The molecule has 0 aliphatic carbocycles. The van der Waals surface area contributed by atoms with Crippen LogP contribution in [0.5, 0.6) is 5.88 Å². The number of nitrogens with one attached hydrogen (secondary N) is 1.